The number of hydrogen-bond acceptors (Lipinski definition) is 5. The summed E-state index contributed by atoms with van der Waals surface area (Å²) in [5.41, 5.74) is 1.36. The molecule has 2 atom stereocenters. The van der Waals surface area contributed by atoms with Gasteiger partial charge in [0.15, 0.2) is 0 Å². The Bertz CT molecular complexity index is 627. The molecule has 21 heavy (non-hydrogen) atoms. The van der Waals surface area contributed by atoms with Gasteiger partial charge in [-0.15, -0.1) is 0 Å². The first kappa shape index (κ1) is 13.7. The van der Waals surface area contributed by atoms with E-state index in [1.54, 1.807) is 47.5 Å². The van der Waals surface area contributed by atoms with E-state index >= 15 is 0 Å². The van der Waals surface area contributed by atoms with Crippen molar-refractivity contribution in [1.82, 2.24) is 24.6 Å². The van der Waals surface area contributed by atoms with Crippen LogP contribution in [0.3, 0.4) is 0 Å². The quantitative estimate of drug-likeness (QED) is 0.851. The second-order valence-corrected chi connectivity index (χ2v) is 5.28. The van der Waals surface area contributed by atoms with Crippen LogP contribution in [0.15, 0.2) is 30.9 Å². The molecule has 1 amide bonds. The molecule has 1 N–H and O–H groups in total. The molecule has 110 valence electrons. The first-order chi connectivity index (χ1) is 10.1. The number of aromatic nitrogens is 4. The molecule has 0 aromatic carbocycles. The molecule has 0 spiro atoms. The molecular weight excluding hydrogens is 270 g/mol. The van der Waals surface area contributed by atoms with Crippen LogP contribution in [0.4, 0.5) is 0 Å². The van der Waals surface area contributed by atoms with E-state index < -0.39 is 6.10 Å². The van der Waals surface area contributed by atoms with Crippen LogP contribution in [0, 0.1) is 5.92 Å². The number of carbonyl (C=O) groups excluding carboxylic acids is 1. The summed E-state index contributed by atoms with van der Waals surface area (Å²) in [6, 6.07) is 1.69. The third-order valence-corrected chi connectivity index (χ3v) is 3.82. The lowest BCUT2D eigenvalue weighted by Gasteiger charge is -2.15. The van der Waals surface area contributed by atoms with Crippen molar-refractivity contribution in [3.63, 3.8) is 0 Å². The fourth-order valence-corrected chi connectivity index (χ4v) is 2.67. The van der Waals surface area contributed by atoms with Crippen molar-refractivity contribution in [3.8, 4) is 0 Å². The zero-order valence-electron chi connectivity index (χ0n) is 11.8. The number of aliphatic hydroxyl groups excluding tert-OH is 1. The van der Waals surface area contributed by atoms with Crippen molar-refractivity contribution in [1.29, 1.82) is 0 Å². The maximum Gasteiger partial charge on any atom is 0.272 e. The fraction of sp³-hybridized carbons (Fsp3) is 0.429. The molecule has 1 saturated heterocycles. The van der Waals surface area contributed by atoms with Crippen LogP contribution >= 0.6 is 0 Å². The summed E-state index contributed by atoms with van der Waals surface area (Å²) in [6.45, 7) is 0.858. The van der Waals surface area contributed by atoms with E-state index in [2.05, 4.69) is 15.1 Å². The summed E-state index contributed by atoms with van der Waals surface area (Å²) in [4.78, 5) is 22.3. The second-order valence-electron chi connectivity index (χ2n) is 5.28. The number of nitrogens with zero attached hydrogens (tertiary/aromatic N) is 5. The van der Waals surface area contributed by atoms with Crippen LogP contribution in [-0.2, 0) is 13.5 Å². The van der Waals surface area contributed by atoms with Crippen LogP contribution in [-0.4, -0.2) is 54.9 Å². The maximum atomic E-state index is 12.4. The lowest BCUT2D eigenvalue weighted by atomic mass is 10.0. The third-order valence-electron chi connectivity index (χ3n) is 3.82. The predicted molar refractivity (Wildman–Crippen MR) is 74.3 cm³/mol. The van der Waals surface area contributed by atoms with Gasteiger partial charge >= 0.3 is 0 Å². The highest BCUT2D eigenvalue weighted by molar-refractivity contribution is 5.92. The molecule has 1 aliphatic heterocycles. The average Bonchev–Trinajstić information content (AvgIpc) is 3.06. The van der Waals surface area contributed by atoms with Gasteiger partial charge in [-0.2, -0.15) is 5.10 Å². The molecule has 3 heterocycles. The standard InChI is InChI=1S/C14H17N5O2/c1-18-12(2-3-17-18)14(21)19-8-10(13(20)9-19)6-11-7-15-4-5-16-11/h2-5,7,10,13,20H,6,8-9H2,1H3/t10-,13-/m1/s1. The number of hydrogen-bond donors (Lipinski definition) is 1. The summed E-state index contributed by atoms with van der Waals surface area (Å²) in [7, 11) is 1.73. The Morgan fingerprint density at radius 3 is 2.90 bits per heavy atom. The number of rotatable bonds is 3. The van der Waals surface area contributed by atoms with Gasteiger partial charge < -0.3 is 10.0 Å². The Hall–Kier alpha value is -2.28. The molecule has 0 aliphatic carbocycles. The molecule has 3 rings (SSSR count). The van der Waals surface area contributed by atoms with Gasteiger partial charge in [0, 0.05) is 50.8 Å². The van der Waals surface area contributed by atoms with E-state index in [4.69, 9.17) is 0 Å². The lowest BCUT2D eigenvalue weighted by molar-refractivity contribution is 0.0754. The number of likely N-dealkylation sites (tertiary alicyclic amines) is 1. The Morgan fingerprint density at radius 1 is 1.38 bits per heavy atom. The third kappa shape index (κ3) is 2.78. The highest BCUT2D eigenvalue weighted by Gasteiger charge is 2.35. The molecule has 2 aromatic heterocycles. The van der Waals surface area contributed by atoms with E-state index in [1.165, 1.54) is 0 Å². The summed E-state index contributed by atoms with van der Waals surface area (Å²) >= 11 is 0. The van der Waals surface area contributed by atoms with Gasteiger partial charge in [-0.05, 0) is 12.5 Å². The van der Waals surface area contributed by atoms with E-state index in [1.807, 2.05) is 0 Å². The van der Waals surface area contributed by atoms with Gasteiger partial charge in [0.2, 0.25) is 0 Å². The van der Waals surface area contributed by atoms with Crippen LogP contribution < -0.4 is 0 Å². The van der Waals surface area contributed by atoms with Crippen LogP contribution in [0.5, 0.6) is 0 Å². The first-order valence-corrected chi connectivity index (χ1v) is 6.85. The predicted octanol–water partition coefficient (Wildman–Crippen LogP) is -0.114. The van der Waals surface area contributed by atoms with Gasteiger partial charge in [0.25, 0.3) is 5.91 Å². The second kappa shape index (κ2) is 5.61. The molecule has 0 radical (unpaired) electrons. The number of β-amino-alcohol motifs (C(OH)–C–C–N with tert-alkyl or cyclic N) is 1. The van der Waals surface area contributed by atoms with Crippen molar-refractivity contribution in [2.24, 2.45) is 13.0 Å². The van der Waals surface area contributed by atoms with E-state index in [0.29, 0.717) is 25.2 Å². The fourth-order valence-electron chi connectivity index (χ4n) is 2.67. The largest absolute Gasteiger partial charge is 0.391 e. The van der Waals surface area contributed by atoms with Gasteiger partial charge in [-0.25, -0.2) is 0 Å². The number of carbonyl (C=O) groups is 1. The van der Waals surface area contributed by atoms with E-state index in [-0.39, 0.29) is 11.8 Å². The highest BCUT2D eigenvalue weighted by atomic mass is 16.3. The Labute approximate surface area is 122 Å². The minimum Gasteiger partial charge on any atom is -0.391 e. The molecule has 1 aliphatic rings. The lowest BCUT2D eigenvalue weighted by Crippen LogP contribution is -2.31. The highest BCUT2D eigenvalue weighted by Crippen LogP contribution is 2.22. The molecule has 2 aromatic rings. The van der Waals surface area contributed by atoms with E-state index in [9.17, 15) is 9.90 Å². The smallest absolute Gasteiger partial charge is 0.272 e. The molecule has 0 saturated carbocycles. The average molecular weight is 287 g/mol. The van der Waals surface area contributed by atoms with E-state index in [0.717, 1.165) is 5.69 Å². The molecule has 1 fully saturated rings. The summed E-state index contributed by atoms with van der Waals surface area (Å²) in [6.07, 6.45) is 6.62. The SMILES string of the molecule is Cn1nccc1C(=O)N1C[C@@H](Cc2cnccn2)[C@H](O)C1. The molecule has 0 bridgehead atoms. The zero-order chi connectivity index (χ0) is 14.8. The summed E-state index contributed by atoms with van der Waals surface area (Å²) in [5, 5.41) is 14.2. The van der Waals surface area contributed by atoms with Crippen molar-refractivity contribution in [2.45, 2.75) is 12.5 Å². The van der Waals surface area contributed by atoms with Crippen molar-refractivity contribution >= 4 is 5.91 Å². The van der Waals surface area contributed by atoms with Gasteiger partial charge in [-0.3, -0.25) is 19.4 Å². The van der Waals surface area contributed by atoms with Crippen LogP contribution in [0.25, 0.3) is 0 Å². The minimum atomic E-state index is -0.538. The molecular formula is C14H17N5O2. The molecule has 0 unspecified atom stereocenters. The van der Waals surface area contributed by atoms with Gasteiger partial charge in [-0.1, -0.05) is 0 Å². The van der Waals surface area contributed by atoms with Gasteiger partial charge in [0.05, 0.1) is 11.8 Å². The minimum absolute atomic E-state index is 0.0149. The summed E-state index contributed by atoms with van der Waals surface area (Å²) < 4.78 is 1.55. The molecule has 7 heteroatoms. The number of aryl methyl sites for hydroxylation is 1. The van der Waals surface area contributed by atoms with Crippen molar-refractivity contribution < 1.29 is 9.90 Å². The van der Waals surface area contributed by atoms with Crippen molar-refractivity contribution in [2.75, 3.05) is 13.1 Å². The topological polar surface area (TPSA) is 84.1 Å². The Balaban J connectivity index is 1.69. The maximum absolute atomic E-state index is 12.4. The first-order valence-electron chi connectivity index (χ1n) is 6.85. The van der Waals surface area contributed by atoms with Crippen molar-refractivity contribution in [3.05, 3.63) is 42.2 Å². The van der Waals surface area contributed by atoms with Crippen LogP contribution in [0.1, 0.15) is 16.2 Å². The molecule has 7 nitrogen and oxygen atoms in total. The van der Waals surface area contributed by atoms with Crippen LogP contribution in [0.2, 0.25) is 0 Å². The Morgan fingerprint density at radius 2 is 2.24 bits per heavy atom. The number of aliphatic hydroxyl groups is 1. The normalized spacial score (nSPS) is 21.7. The Kier molecular flexibility index (Phi) is 3.66. The monoisotopic (exact) mass is 287 g/mol. The zero-order valence-corrected chi connectivity index (χ0v) is 11.8. The number of amides is 1. The summed E-state index contributed by atoms with van der Waals surface area (Å²) in [5.74, 6) is -0.116. The van der Waals surface area contributed by atoms with Gasteiger partial charge in [0.1, 0.15) is 5.69 Å².